The van der Waals surface area contributed by atoms with Gasteiger partial charge in [-0.3, -0.25) is 13.6 Å². The van der Waals surface area contributed by atoms with Crippen LogP contribution in [-0.4, -0.2) is 56.1 Å². The summed E-state index contributed by atoms with van der Waals surface area (Å²) in [5, 5.41) is 0. The molecule has 194 valence electrons. The summed E-state index contributed by atoms with van der Waals surface area (Å²) >= 11 is 0. The van der Waals surface area contributed by atoms with Crippen LogP contribution in [0.25, 0.3) is 0 Å². The molecule has 0 amide bonds. The maximum atomic E-state index is 12.8. The van der Waals surface area contributed by atoms with Gasteiger partial charge in [0.25, 0.3) is 0 Å². The Hall–Kier alpha value is -0.940. The zero-order valence-electron chi connectivity index (χ0n) is 15.0. The van der Waals surface area contributed by atoms with Crippen LogP contribution in [0, 0.1) is 0 Å². The molecule has 0 radical (unpaired) electrons. The Morgan fingerprint density at radius 1 is 0.438 bits per heavy atom. The van der Waals surface area contributed by atoms with Crippen molar-refractivity contribution < 1.29 is 84.0 Å². The van der Waals surface area contributed by atoms with Gasteiger partial charge in [0.1, 0.15) is 0 Å². The molecule has 0 bridgehead atoms. The lowest BCUT2D eigenvalue weighted by Crippen LogP contribution is -2.38. The number of phosphoric ester groups is 1. The van der Waals surface area contributed by atoms with Crippen LogP contribution in [0.3, 0.4) is 0 Å². The van der Waals surface area contributed by atoms with Crippen molar-refractivity contribution in [3.05, 3.63) is 0 Å². The second kappa shape index (κ2) is 10.1. The quantitative estimate of drug-likeness (QED) is 0.201. The minimum Gasteiger partial charge on any atom is -0.287 e. The van der Waals surface area contributed by atoms with Crippen LogP contribution in [0.5, 0.6) is 0 Å². The maximum absolute atomic E-state index is 12.8. The lowest BCUT2D eigenvalue weighted by Gasteiger charge is -2.24. The molecule has 0 aromatic heterocycles. The molecule has 0 aromatic carbocycles. The van der Waals surface area contributed by atoms with E-state index in [0.717, 1.165) is 0 Å². The fourth-order valence-electron chi connectivity index (χ4n) is 1.39. The zero-order valence-corrected chi connectivity index (χ0v) is 15.9. The molecule has 0 aliphatic heterocycles. The van der Waals surface area contributed by atoms with Crippen molar-refractivity contribution in [2.75, 3.05) is 19.8 Å². The molecule has 4 nitrogen and oxygen atoms in total. The second-order valence-corrected chi connectivity index (χ2v) is 7.47. The molecule has 32 heavy (non-hydrogen) atoms. The number of hydrogen-bond acceptors (Lipinski definition) is 4. The summed E-state index contributed by atoms with van der Waals surface area (Å²) in [6, 6.07) is 0. The van der Waals surface area contributed by atoms with Gasteiger partial charge in [-0.05, 0) is 0 Å². The van der Waals surface area contributed by atoms with E-state index in [1.807, 2.05) is 0 Å². The third kappa shape index (κ3) is 9.13. The van der Waals surface area contributed by atoms with Crippen LogP contribution < -0.4 is 0 Å². The fourth-order valence-corrected chi connectivity index (χ4v) is 2.56. The summed E-state index contributed by atoms with van der Waals surface area (Å²) < 4.78 is 208. The van der Waals surface area contributed by atoms with E-state index in [9.17, 15) is 70.4 Å². The molecule has 0 fully saturated rings. The predicted octanol–water partition coefficient (Wildman–Crippen LogP) is 6.91. The molecule has 0 aliphatic rings. The molecular formula is C12H12F15O4P. The minimum atomic E-state index is -6.16. The van der Waals surface area contributed by atoms with Crippen LogP contribution in [0.15, 0.2) is 0 Å². The largest absolute Gasteiger partial charge is 0.474 e. The van der Waals surface area contributed by atoms with Crippen LogP contribution in [0.2, 0.25) is 0 Å². The average Bonchev–Trinajstić information content (AvgIpc) is 2.50. The Labute approximate surface area is 168 Å². The molecular weight excluding hydrogens is 524 g/mol. The third-order valence-corrected chi connectivity index (χ3v) is 4.74. The monoisotopic (exact) mass is 536 g/mol. The molecule has 0 spiro atoms. The summed E-state index contributed by atoms with van der Waals surface area (Å²) in [4.78, 5) is 0. The Balaban J connectivity index is 5.22. The van der Waals surface area contributed by atoms with Gasteiger partial charge in [0.15, 0.2) is 0 Å². The highest BCUT2D eigenvalue weighted by Crippen LogP contribution is 2.52. The number of halogens is 15. The topological polar surface area (TPSA) is 44.8 Å². The lowest BCUT2D eigenvalue weighted by molar-refractivity contribution is -0.287. The maximum Gasteiger partial charge on any atom is 0.474 e. The van der Waals surface area contributed by atoms with Crippen molar-refractivity contribution in [3.63, 3.8) is 0 Å². The van der Waals surface area contributed by atoms with Gasteiger partial charge >= 0.3 is 44.1 Å². The van der Waals surface area contributed by atoms with Crippen LogP contribution in [0.1, 0.15) is 19.3 Å². The van der Waals surface area contributed by atoms with Gasteiger partial charge in [0.05, 0.1) is 19.8 Å². The van der Waals surface area contributed by atoms with E-state index in [1.54, 1.807) is 0 Å². The van der Waals surface area contributed by atoms with Gasteiger partial charge in [0, 0.05) is 19.3 Å². The first-order valence-corrected chi connectivity index (χ1v) is 9.20. The second-order valence-electron chi connectivity index (χ2n) is 5.80. The number of phosphoric acid groups is 1. The first-order valence-electron chi connectivity index (χ1n) is 7.74. The fraction of sp³-hybridized carbons (Fsp3) is 1.00. The summed E-state index contributed by atoms with van der Waals surface area (Å²) in [6.07, 6.45) is -25.5. The Bertz CT molecular complexity index is 554. The Morgan fingerprint density at radius 3 is 0.781 bits per heavy atom. The first kappa shape index (κ1) is 31.1. The number of rotatable bonds is 12. The molecule has 0 N–H and O–H groups in total. The molecule has 0 saturated carbocycles. The molecule has 0 aromatic rings. The lowest BCUT2D eigenvalue weighted by atomic mass is 10.2. The van der Waals surface area contributed by atoms with Crippen LogP contribution in [0.4, 0.5) is 65.9 Å². The van der Waals surface area contributed by atoms with Crippen LogP contribution in [-0.2, 0) is 18.1 Å². The highest BCUT2D eigenvalue weighted by molar-refractivity contribution is 7.48. The molecule has 0 unspecified atom stereocenters. The van der Waals surface area contributed by atoms with Crippen molar-refractivity contribution in [1.29, 1.82) is 0 Å². The van der Waals surface area contributed by atoms with Gasteiger partial charge in [0.2, 0.25) is 0 Å². The molecule has 20 heteroatoms. The van der Waals surface area contributed by atoms with E-state index in [1.165, 1.54) is 0 Å². The third-order valence-electron chi connectivity index (χ3n) is 3.24. The van der Waals surface area contributed by atoms with E-state index in [0.29, 0.717) is 0 Å². The van der Waals surface area contributed by atoms with Gasteiger partial charge < -0.3 is 0 Å². The normalized spacial score (nSPS) is 15.3. The van der Waals surface area contributed by atoms with Gasteiger partial charge in [-0.2, -0.15) is 65.9 Å². The summed E-state index contributed by atoms with van der Waals surface area (Å²) in [5.41, 5.74) is 0. The first-order chi connectivity index (χ1) is 13.9. The van der Waals surface area contributed by atoms with E-state index >= 15 is 0 Å². The average molecular weight is 536 g/mol. The highest BCUT2D eigenvalue weighted by Gasteiger charge is 2.59. The summed E-state index contributed by atoms with van der Waals surface area (Å²) in [5.74, 6) is -16.5. The Morgan fingerprint density at radius 2 is 0.625 bits per heavy atom. The molecule has 0 rings (SSSR count). The van der Waals surface area contributed by atoms with Gasteiger partial charge in [-0.25, -0.2) is 4.57 Å². The Kier molecular flexibility index (Phi) is 9.83. The van der Waals surface area contributed by atoms with Crippen LogP contribution >= 0.6 is 7.82 Å². The molecule has 0 heterocycles. The minimum absolute atomic E-state index is 1.94. The number of hydrogen-bond donors (Lipinski definition) is 0. The van der Waals surface area contributed by atoms with Crippen molar-refractivity contribution >= 4 is 7.82 Å². The van der Waals surface area contributed by atoms with Crippen molar-refractivity contribution in [2.24, 2.45) is 0 Å². The predicted molar refractivity (Wildman–Crippen MR) is 72.3 cm³/mol. The van der Waals surface area contributed by atoms with E-state index < -0.39 is 83.2 Å². The molecule has 0 saturated heterocycles. The number of alkyl halides is 15. The summed E-state index contributed by atoms with van der Waals surface area (Å²) in [6.45, 7) is -5.81. The van der Waals surface area contributed by atoms with Gasteiger partial charge in [-0.15, -0.1) is 0 Å². The van der Waals surface area contributed by atoms with Crippen molar-refractivity contribution in [2.45, 2.75) is 55.6 Å². The summed E-state index contributed by atoms with van der Waals surface area (Å²) in [7, 11) is -5.74. The highest BCUT2D eigenvalue weighted by atomic mass is 31.2. The van der Waals surface area contributed by atoms with Gasteiger partial charge in [-0.1, -0.05) is 0 Å². The smallest absolute Gasteiger partial charge is 0.287 e. The van der Waals surface area contributed by atoms with E-state index in [4.69, 9.17) is 0 Å². The molecule has 0 atom stereocenters. The SMILES string of the molecule is O=P(OCCC(F)(F)C(F)(F)F)(OCCC(F)(F)C(F)(F)F)OCCC(F)(F)C(F)(F)F. The van der Waals surface area contributed by atoms with Crippen molar-refractivity contribution in [1.82, 2.24) is 0 Å². The van der Waals surface area contributed by atoms with E-state index in [2.05, 4.69) is 13.6 Å². The van der Waals surface area contributed by atoms with E-state index in [-0.39, 0.29) is 0 Å². The standard InChI is InChI=1S/C12H12F15O4P/c13-7(14,10(19,20)21)1-4-29-32(28,30-5-2-8(15,16)11(22,23)24)31-6-3-9(17,18)12(25,26)27/h1-6H2. The molecule has 0 aliphatic carbocycles. The van der Waals surface area contributed by atoms with Crippen molar-refractivity contribution in [3.8, 4) is 0 Å². The zero-order chi connectivity index (χ0) is 25.9.